The molecule has 2 heterocycles. The van der Waals surface area contributed by atoms with Crippen LogP contribution in [0.25, 0.3) is 0 Å². The minimum atomic E-state index is -3.54. The van der Waals surface area contributed by atoms with Crippen LogP contribution < -0.4 is 10.0 Å². The number of rotatable bonds is 5. The Morgan fingerprint density at radius 3 is 2.78 bits per heavy atom. The zero-order valence-electron chi connectivity index (χ0n) is 12.1. The fourth-order valence-electron chi connectivity index (χ4n) is 2.40. The minimum Gasteiger partial charge on any atom is -0.326 e. The zero-order valence-corrected chi connectivity index (χ0v) is 15.4. The number of aryl methyl sites for hydroxylation is 1. The molecule has 0 bridgehead atoms. The van der Waals surface area contributed by atoms with Gasteiger partial charge in [-0.2, -0.15) is 0 Å². The predicted octanol–water partition coefficient (Wildman–Crippen LogP) is 2.92. The van der Waals surface area contributed by atoms with Crippen LogP contribution >= 0.6 is 27.3 Å². The maximum absolute atomic E-state index is 12.4. The lowest BCUT2D eigenvalue weighted by atomic mass is 10.0. The van der Waals surface area contributed by atoms with Gasteiger partial charge in [0.25, 0.3) is 0 Å². The molecule has 2 N–H and O–H groups in total. The molecule has 23 heavy (non-hydrogen) atoms. The van der Waals surface area contributed by atoms with Crippen LogP contribution in [0.4, 0.5) is 5.69 Å². The van der Waals surface area contributed by atoms with Crippen LogP contribution in [-0.4, -0.2) is 20.9 Å². The summed E-state index contributed by atoms with van der Waals surface area (Å²) in [7, 11) is -3.54. The van der Waals surface area contributed by atoms with Crippen molar-refractivity contribution in [3.63, 3.8) is 0 Å². The largest absolute Gasteiger partial charge is 0.326 e. The molecule has 2 aromatic rings. The topological polar surface area (TPSA) is 75.3 Å². The molecule has 122 valence electrons. The molecular formula is C15H15BrN2O3S2. The maximum Gasteiger partial charge on any atom is 0.240 e. The first-order chi connectivity index (χ1) is 10.9. The van der Waals surface area contributed by atoms with Gasteiger partial charge >= 0.3 is 0 Å². The molecule has 0 saturated carbocycles. The first kappa shape index (κ1) is 16.6. The maximum atomic E-state index is 12.4. The summed E-state index contributed by atoms with van der Waals surface area (Å²) in [4.78, 5) is 12.7. The van der Waals surface area contributed by atoms with Crippen LogP contribution in [-0.2, 0) is 27.7 Å². The second-order valence-electron chi connectivity index (χ2n) is 5.22. The number of halogens is 1. The third-order valence-electron chi connectivity index (χ3n) is 3.57. The molecule has 0 aliphatic carbocycles. The summed E-state index contributed by atoms with van der Waals surface area (Å²) in [6.45, 7) is 0.350. The summed E-state index contributed by atoms with van der Waals surface area (Å²) in [5.41, 5.74) is 1.55. The van der Waals surface area contributed by atoms with Gasteiger partial charge in [0.1, 0.15) is 0 Å². The quantitative estimate of drug-likeness (QED) is 0.789. The van der Waals surface area contributed by atoms with Gasteiger partial charge in [-0.3, -0.25) is 4.79 Å². The van der Waals surface area contributed by atoms with Crippen LogP contribution in [0, 0.1) is 0 Å². The molecule has 0 spiro atoms. The van der Waals surface area contributed by atoms with Gasteiger partial charge in [-0.15, -0.1) is 11.3 Å². The van der Waals surface area contributed by atoms with Crippen molar-refractivity contribution in [3.8, 4) is 0 Å². The molecule has 1 amide bonds. The smallest absolute Gasteiger partial charge is 0.240 e. The Bertz CT molecular complexity index is 846. The van der Waals surface area contributed by atoms with E-state index in [0.717, 1.165) is 14.2 Å². The van der Waals surface area contributed by atoms with Crippen molar-refractivity contribution < 1.29 is 13.2 Å². The van der Waals surface area contributed by atoms with Gasteiger partial charge in [0.15, 0.2) is 0 Å². The minimum absolute atomic E-state index is 0.0339. The predicted molar refractivity (Wildman–Crippen MR) is 94.3 cm³/mol. The Hall–Kier alpha value is -1.22. The lowest BCUT2D eigenvalue weighted by Gasteiger charge is -2.17. The number of fused-ring (bicyclic) bond motifs is 1. The summed E-state index contributed by atoms with van der Waals surface area (Å²) in [6.07, 6.45) is 1.60. The number of amides is 1. The van der Waals surface area contributed by atoms with Gasteiger partial charge in [-0.05, 0) is 64.7 Å². The summed E-state index contributed by atoms with van der Waals surface area (Å²) in [6, 6.07) is 8.74. The van der Waals surface area contributed by atoms with Gasteiger partial charge in [0, 0.05) is 23.5 Å². The summed E-state index contributed by atoms with van der Waals surface area (Å²) >= 11 is 4.98. The van der Waals surface area contributed by atoms with Crippen molar-refractivity contribution in [2.75, 3.05) is 11.9 Å². The number of sulfonamides is 1. The zero-order chi connectivity index (χ0) is 16.4. The molecule has 1 aliphatic rings. The number of hydrogen-bond acceptors (Lipinski definition) is 4. The van der Waals surface area contributed by atoms with Crippen LogP contribution in [0.15, 0.2) is 39.0 Å². The number of thiophene rings is 1. The van der Waals surface area contributed by atoms with Crippen molar-refractivity contribution in [3.05, 3.63) is 44.6 Å². The highest BCUT2D eigenvalue weighted by atomic mass is 79.9. The fraction of sp³-hybridized carbons (Fsp3) is 0.267. The standard InChI is InChI=1S/C15H15BrN2O3S2/c16-14-5-2-11(22-14)7-8-17-23(20,21)12-3-4-13-10(9-12)1-6-15(19)18-13/h2-5,9,17H,1,6-8H2,(H,18,19). The van der Waals surface area contributed by atoms with E-state index in [-0.39, 0.29) is 10.8 Å². The normalized spacial score (nSPS) is 14.4. The molecule has 0 saturated heterocycles. The molecule has 8 heteroatoms. The number of anilines is 1. The molecule has 0 atom stereocenters. The molecule has 1 aliphatic heterocycles. The Balaban J connectivity index is 1.68. The van der Waals surface area contributed by atoms with E-state index >= 15 is 0 Å². The highest BCUT2D eigenvalue weighted by Gasteiger charge is 2.19. The molecule has 1 aromatic carbocycles. The van der Waals surface area contributed by atoms with Gasteiger partial charge in [0.05, 0.1) is 8.68 Å². The van der Waals surface area contributed by atoms with Crippen molar-refractivity contribution in [1.82, 2.24) is 4.72 Å². The van der Waals surface area contributed by atoms with E-state index in [9.17, 15) is 13.2 Å². The number of benzene rings is 1. The third-order valence-corrected chi connectivity index (χ3v) is 6.72. The fourth-order valence-corrected chi connectivity index (χ4v) is 4.97. The van der Waals surface area contributed by atoms with Crippen molar-refractivity contribution in [2.45, 2.75) is 24.2 Å². The van der Waals surface area contributed by atoms with Gasteiger partial charge < -0.3 is 5.32 Å². The molecule has 5 nitrogen and oxygen atoms in total. The number of carbonyl (C=O) groups excluding carboxylic acids is 1. The first-order valence-electron chi connectivity index (χ1n) is 7.11. The van der Waals surface area contributed by atoms with E-state index < -0.39 is 10.0 Å². The molecular weight excluding hydrogens is 400 g/mol. The second-order valence-corrected chi connectivity index (χ2v) is 9.54. The number of carbonyl (C=O) groups is 1. The van der Waals surface area contributed by atoms with Crippen LogP contribution in [0.2, 0.25) is 0 Å². The SMILES string of the molecule is O=C1CCc2cc(S(=O)(=O)NCCc3ccc(Br)s3)ccc2N1. The Morgan fingerprint density at radius 1 is 1.22 bits per heavy atom. The van der Waals surface area contributed by atoms with Crippen LogP contribution in [0.1, 0.15) is 16.9 Å². The summed E-state index contributed by atoms with van der Waals surface area (Å²) < 4.78 is 28.4. The molecule has 0 radical (unpaired) electrons. The lowest BCUT2D eigenvalue weighted by molar-refractivity contribution is -0.116. The highest BCUT2D eigenvalue weighted by Crippen LogP contribution is 2.25. The van der Waals surface area contributed by atoms with E-state index in [4.69, 9.17) is 0 Å². The first-order valence-corrected chi connectivity index (χ1v) is 10.2. The second kappa shape index (κ2) is 6.72. The Labute approximate surface area is 147 Å². The number of nitrogens with one attached hydrogen (secondary N) is 2. The lowest BCUT2D eigenvalue weighted by Crippen LogP contribution is -2.26. The Morgan fingerprint density at radius 2 is 2.04 bits per heavy atom. The van der Waals surface area contributed by atoms with Gasteiger partial charge in [-0.1, -0.05) is 0 Å². The molecule has 1 aromatic heterocycles. The van der Waals surface area contributed by atoms with E-state index in [1.807, 2.05) is 12.1 Å². The van der Waals surface area contributed by atoms with Gasteiger partial charge in [0.2, 0.25) is 15.9 Å². The van der Waals surface area contributed by atoms with E-state index in [1.165, 1.54) is 6.07 Å². The summed E-state index contributed by atoms with van der Waals surface area (Å²) in [5.74, 6) is -0.0339. The molecule has 0 fully saturated rings. The average molecular weight is 415 g/mol. The summed E-state index contributed by atoms with van der Waals surface area (Å²) in [5, 5.41) is 2.75. The third kappa shape index (κ3) is 4.00. The van der Waals surface area contributed by atoms with Crippen molar-refractivity contribution in [1.29, 1.82) is 0 Å². The molecule has 0 unspecified atom stereocenters. The average Bonchev–Trinajstić information content (AvgIpc) is 2.92. The molecule has 3 rings (SSSR count). The van der Waals surface area contributed by atoms with E-state index in [0.29, 0.717) is 31.5 Å². The van der Waals surface area contributed by atoms with E-state index in [2.05, 4.69) is 26.0 Å². The Kier molecular flexibility index (Phi) is 4.86. The number of hydrogen-bond donors (Lipinski definition) is 2. The van der Waals surface area contributed by atoms with Crippen molar-refractivity contribution in [2.24, 2.45) is 0 Å². The van der Waals surface area contributed by atoms with Crippen LogP contribution in [0.3, 0.4) is 0 Å². The highest BCUT2D eigenvalue weighted by molar-refractivity contribution is 9.11. The van der Waals surface area contributed by atoms with E-state index in [1.54, 1.807) is 23.5 Å². The monoisotopic (exact) mass is 414 g/mol. The van der Waals surface area contributed by atoms with Crippen LogP contribution in [0.5, 0.6) is 0 Å². The van der Waals surface area contributed by atoms with Crippen molar-refractivity contribution >= 4 is 48.9 Å². The van der Waals surface area contributed by atoms with Gasteiger partial charge in [-0.25, -0.2) is 13.1 Å².